The molecule has 1 aliphatic rings. The predicted molar refractivity (Wildman–Crippen MR) is 45.8 cm³/mol. The number of aromatic nitrogens is 1. The van der Waals surface area contributed by atoms with Gasteiger partial charge in [-0.3, -0.25) is 4.98 Å². The smallest absolute Gasteiger partial charge is 0.0556 e. The molecule has 1 aliphatic heterocycles. The van der Waals surface area contributed by atoms with Gasteiger partial charge >= 0.3 is 0 Å². The molecule has 58 valence electrons. The largest absolute Gasteiger partial charge is 0.367 e. The van der Waals surface area contributed by atoms with Crippen LogP contribution in [-0.2, 0) is 6.42 Å². The molecule has 0 saturated carbocycles. The van der Waals surface area contributed by atoms with Gasteiger partial charge in [0.1, 0.15) is 0 Å². The Balaban J connectivity index is 2.26. The quantitative estimate of drug-likeness (QED) is 0.590. The van der Waals surface area contributed by atoms with Gasteiger partial charge in [-0.25, -0.2) is 0 Å². The summed E-state index contributed by atoms with van der Waals surface area (Å²) in [7, 11) is 0. The number of hydrogen-bond donors (Lipinski definition) is 0. The van der Waals surface area contributed by atoms with E-state index in [2.05, 4.69) is 22.9 Å². The average Bonchev–Trinajstić information content (AvgIpc) is 2.87. The number of nitrogens with zero attached hydrogens (tertiary/aromatic N) is 2. The minimum Gasteiger partial charge on any atom is -0.367 e. The zero-order valence-electron chi connectivity index (χ0n) is 6.75. The van der Waals surface area contributed by atoms with Crippen molar-refractivity contribution in [3.05, 3.63) is 24.0 Å². The van der Waals surface area contributed by atoms with E-state index < -0.39 is 0 Å². The Morgan fingerprint density at radius 3 is 2.91 bits per heavy atom. The number of hydrogen-bond acceptors (Lipinski definition) is 2. The fraction of sp³-hybridized carbons (Fsp3) is 0.444. The van der Waals surface area contributed by atoms with Gasteiger partial charge in [-0.05, 0) is 18.1 Å². The molecule has 0 atom stereocenters. The number of rotatable bonds is 2. The Morgan fingerprint density at radius 1 is 1.45 bits per heavy atom. The molecule has 0 unspecified atom stereocenters. The molecule has 2 rings (SSSR count). The summed E-state index contributed by atoms with van der Waals surface area (Å²) >= 11 is 0. The molecular weight excluding hydrogens is 136 g/mol. The van der Waals surface area contributed by atoms with Crippen molar-refractivity contribution in [2.75, 3.05) is 18.0 Å². The van der Waals surface area contributed by atoms with Gasteiger partial charge in [0.05, 0.1) is 11.9 Å². The Hall–Kier alpha value is -1.05. The van der Waals surface area contributed by atoms with Crippen molar-refractivity contribution >= 4 is 5.69 Å². The summed E-state index contributed by atoms with van der Waals surface area (Å²) in [5.41, 5.74) is 2.61. The molecule has 2 nitrogen and oxygen atoms in total. The molecule has 1 aromatic heterocycles. The van der Waals surface area contributed by atoms with Crippen LogP contribution in [0.3, 0.4) is 0 Å². The van der Waals surface area contributed by atoms with Crippen molar-refractivity contribution in [2.24, 2.45) is 0 Å². The minimum atomic E-state index is 1.08. The van der Waals surface area contributed by atoms with Gasteiger partial charge in [-0.1, -0.05) is 6.92 Å². The molecule has 1 aromatic rings. The summed E-state index contributed by atoms with van der Waals surface area (Å²) in [6.45, 7) is 4.56. The Bertz CT molecular complexity index is 253. The monoisotopic (exact) mass is 148 g/mol. The second-order valence-corrected chi connectivity index (χ2v) is 2.89. The van der Waals surface area contributed by atoms with Crippen molar-refractivity contribution in [2.45, 2.75) is 13.3 Å². The molecular formula is C9H12N2. The molecule has 2 heteroatoms. The highest BCUT2D eigenvalue weighted by molar-refractivity contribution is 5.50. The summed E-state index contributed by atoms with van der Waals surface area (Å²) in [6, 6.07) is 2.22. The van der Waals surface area contributed by atoms with Gasteiger partial charge in [0.15, 0.2) is 0 Å². The standard InChI is InChI=1S/C9H12N2/c1-2-8-5-9(7-10-6-8)11-3-4-11/h5-7H,2-4H2,1H3. The lowest BCUT2D eigenvalue weighted by Gasteiger charge is -2.02. The van der Waals surface area contributed by atoms with Crippen LogP contribution in [0.5, 0.6) is 0 Å². The van der Waals surface area contributed by atoms with Crippen LogP contribution in [0.4, 0.5) is 5.69 Å². The minimum absolute atomic E-state index is 1.08. The fourth-order valence-corrected chi connectivity index (χ4v) is 1.15. The first-order valence-corrected chi connectivity index (χ1v) is 4.09. The predicted octanol–water partition coefficient (Wildman–Crippen LogP) is 1.46. The first-order chi connectivity index (χ1) is 5.40. The van der Waals surface area contributed by atoms with Gasteiger partial charge in [0.2, 0.25) is 0 Å². The van der Waals surface area contributed by atoms with Crippen LogP contribution >= 0.6 is 0 Å². The van der Waals surface area contributed by atoms with Crippen molar-refractivity contribution in [3.8, 4) is 0 Å². The first kappa shape index (κ1) is 6.65. The molecule has 0 aliphatic carbocycles. The molecule has 0 amide bonds. The second-order valence-electron chi connectivity index (χ2n) is 2.89. The molecule has 0 aromatic carbocycles. The molecule has 0 bridgehead atoms. The van der Waals surface area contributed by atoms with Crippen LogP contribution in [-0.4, -0.2) is 18.1 Å². The van der Waals surface area contributed by atoms with Gasteiger partial charge < -0.3 is 4.90 Å². The zero-order valence-corrected chi connectivity index (χ0v) is 6.75. The third-order valence-corrected chi connectivity index (χ3v) is 2.00. The van der Waals surface area contributed by atoms with Crippen LogP contribution in [0.25, 0.3) is 0 Å². The molecule has 2 heterocycles. The van der Waals surface area contributed by atoms with E-state index in [0.29, 0.717) is 0 Å². The third-order valence-electron chi connectivity index (χ3n) is 2.00. The van der Waals surface area contributed by atoms with E-state index in [1.807, 2.05) is 12.4 Å². The lowest BCUT2D eigenvalue weighted by molar-refractivity contribution is 1.10. The average molecular weight is 148 g/mol. The molecule has 1 fully saturated rings. The highest BCUT2D eigenvalue weighted by Crippen LogP contribution is 2.20. The van der Waals surface area contributed by atoms with Gasteiger partial charge in [-0.15, -0.1) is 0 Å². The molecule has 1 saturated heterocycles. The Morgan fingerprint density at radius 2 is 2.27 bits per heavy atom. The van der Waals surface area contributed by atoms with E-state index in [-0.39, 0.29) is 0 Å². The number of pyridine rings is 1. The third kappa shape index (κ3) is 1.34. The summed E-state index contributed by atoms with van der Waals surface area (Å²) in [4.78, 5) is 6.49. The number of aryl methyl sites for hydroxylation is 1. The molecule has 0 spiro atoms. The molecule has 0 N–H and O–H groups in total. The normalized spacial score (nSPS) is 15.2. The zero-order chi connectivity index (χ0) is 7.68. The van der Waals surface area contributed by atoms with E-state index in [1.165, 1.54) is 24.3 Å². The van der Waals surface area contributed by atoms with Gasteiger partial charge in [-0.2, -0.15) is 0 Å². The lowest BCUT2D eigenvalue weighted by atomic mass is 10.2. The SMILES string of the molecule is CCc1cncc(N2CC2)c1. The van der Waals surface area contributed by atoms with E-state index >= 15 is 0 Å². The summed E-state index contributed by atoms with van der Waals surface area (Å²) < 4.78 is 0. The topological polar surface area (TPSA) is 15.9 Å². The van der Waals surface area contributed by atoms with E-state index in [0.717, 1.165) is 6.42 Å². The van der Waals surface area contributed by atoms with Crippen LogP contribution in [0.15, 0.2) is 18.5 Å². The summed E-state index contributed by atoms with van der Waals surface area (Å²) in [6.07, 6.45) is 4.95. The molecule has 11 heavy (non-hydrogen) atoms. The van der Waals surface area contributed by atoms with Crippen LogP contribution < -0.4 is 4.90 Å². The van der Waals surface area contributed by atoms with Crippen LogP contribution in [0.2, 0.25) is 0 Å². The van der Waals surface area contributed by atoms with Gasteiger partial charge in [0.25, 0.3) is 0 Å². The van der Waals surface area contributed by atoms with Crippen molar-refractivity contribution < 1.29 is 0 Å². The first-order valence-electron chi connectivity index (χ1n) is 4.09. The van der Waals surface area contributed by atoms with Gasteiger partial charge in [0, 0.05) is 19.3 Å². The fourth-order valence-electron chi connectivity index (χ4n) is 1.15. The second kappa shape index (κ2) is 2.53. The maximum atomic E-state index is 4.18. The highest BCUT2D eigenvalue weighted by Gasteiger charge is 2.17. The molecule has 0 radical (unpaired) electrons. The Kier molecular flexibility index (Phi) is 1.53. The lowest BCUT2D eigenvalue weighted by Crippen LogP contribution is -1.93. The maximum Gasteiger partial charge on any atom is 0.0556 e. The van der Waals surface area contributed by atoms with Crippen LogP contribution in [0, 0.1) is 0 Å². The van der Waals surface area contributed by atoms with Crippen LogP contribution in [0.1, 0.15) is 12.5 Å². The van der Waals surface area contributed by atoms with Crippen molar-refractivity contribution in [1.29, 1.82) is 0 Å². The number of anilines is 1. The van der Waals surface area contributed by atoms with Crippen molar-refractivity contribution in [1.82, 2.24) is 4.98 Å². The van der Waals surface area contributed by atoms with Crippen molar-refractivity contribution in [3.63, 3.8) is 0 Å². The summed E-state index contributed by atoms with van der Waals surface area (Å²) in [5, 5.41) is 0. The van der Waals surface area contributed by atoms with E-state index in [1.54, 1.807) is 0 Å². The Labute approximate surface area is 66.9 Å². The summed E-state index contributed by atoms with van der Waals surface area (Å²) in [5.74, 6) is 0. The highest BCUT2D eigenvalue weighted by atomic mass is 15.3. The maximum absolute atomic E-state index is 4.18. The van der Waals surface area contributed by atoms with E-state index in [9.17, 15) is 0 Å². The van der Waals surface area contributed by atoms with E-state index in [4.69, 9.17) is 0 Å².